The zero-order chi connectivity index (χ0) is 12.0. The summed E-state index contributed by atoms with van der Waals surface area (Å²) in [6.07, 6.45) is 2.57. The molecule has 0 spiro atoms. The summed E-state index contributed by atoms with van der Waals surface area (Å²) in [4.78, 5) is 23.9. The van der Waals surface area contributed by atoms with E-state index in [-0.39, 0.29) is 5.91 Å². The zero-order valence-electron chi connectivity index (χ0n) is 9.21. The lowest BCUT2D eigenvalue weighted by molar-refractivity contribution is -0.134. The van der Waals surface area contributed by atoms with Crippen LogP contribution in [0.15, 0.2) is 42.6 Å². The van der Waals surface area contributed by atoms with Crippen molar-refractivity contribution < 1.29 is 14.3 Å². The molecule has 0 heterocycles. The molecule has 84 valence electrons. The predicted molar refractivity (Wildman–Crippen MR) is 59.7 cm³/mol. The number of nitrogens with zero attached hydrogens (tertiary/aromatic N) is 1. The van der Waals surface area contributed by atoms with Gasteiger partial charge in [0.2, 0.25) is 0 Å². The Kier molecular flexibility index (Phi) is 4.27. The summed E-state index contributed by atoms with van der Waals surface area (Å²) in [5.41, 5.74) is 0.569. The fraction of sp³-hybridized carbons (Fsp3) is 0.167. The molecule has 0 bridgehead atoms. The van der Waals surface area contributed by atoms with Crippen molar-refractivity contribution in [1.29, 1.82) is 0 Å². The summed E-state index contributed by atoms with van der Waals surface area (Å²) < 4.78 is 4.42. The summed E-state index contributed by atoms with van der Waals surface area (Å²) in [5.74, 6) is -0.673. The topological polar surface area (TPSA) is 46.6 Å². The van der Waals surface area contributed by atoms with Crippen molar-refractivity contribution in [2.45, 2.75) is 0 Å². The maximum atomic E-state index is 11.8. The Labute approximate surface area is 94.1 Å². The van der Waals surface area contributed by atoms with Gasteiger partial charge in [-0.05, 0) is 12.1 Å². The molecule has 0 radical (unpaired) electrons. The molecule has 0 N–H and O–H groups in total. The van der Waals surface area contributed by atoms with Crippen LogP contribution in [0.25, 0.3) is 0 Å². The highest BCUT2D eigenvalue weighted by atomic mass is 16.5. The van der Waals surface area contributed by atoms with E-state index in [4.69, 9.17) is 0 Å². The van der Waals surface area contributed by atoms with E-state index >= 15 is 0 Å². The summed E-state index contributed by atoms with van der Waals surface area (Å²) in [6, 6.07) is 8.83. The quantitative estimate of drug-likeness (QED) is 0.571. The molecule has 0 aliphatic rings. The smallest absolute Gasteiger partial charge is 0.331 e. The van der Waals surface area contributed by atoms with E-state index in [9.17, 15) is 9.59 Å². The Balaban J connectivity index is 2.69. The molecule has 0 aliphatic heterocycles. The van der Waals surface area contributed by atoms with Crippen LogP contribution in [0.4, 0.5) is 0 Å². The standard InChI is InChI=1S/C12H13NO3/c1-13(9-8-11(14)16-2)12(15)10-6-4-3-5-7-10/h3-9H,1-2H3. The van der Waals surface area contributed by atoms with Crippen molar-refractivity contribution >= 4 is 11.9 Å². The van der Waals surface area contributed by atoms with E-state index in [0.717, 1.165) is 0 Å². The number of rotatable bonds is 3. The molecule has 0 aromatic heterocycles. The number of benzene rings is 1. The van der Waals surface area contributed by atoms with Gasteiger partial charge in [0, 0.05) is 24.9 Å². The number of esters is 1. The number of hydrogen-bond acceptors (Lipinski definition) is 3. The van der Waals surface area contributed by atoms with Crippen LogP contribution in [-0.2, 0) is 9.53 Å². The summed E-state index contributed by atoms with van der Waals surface area (Å²) in [5, 5.41) is 0. The van der Waals surface area contributed by atoms with Crippen molar-refractivity contribution in [2.24, 2.45) is 0 Å². The van der Waals surface area contributed by atoms with E-state index in [1.807, 2.05) is 6.07 Å². The van der Waals surface area contributed by atoms with Crippen molar-refractivity contribution in [2.75, 3.05) is 14.2 Å². The molecule has 0 unspecified atom stereocenters. The molecule has 0 saturated carbocycles. The van der Waals surface area contributed by atoms with Crippen LogP contribution in [0.5, 0.6) is 0 Å². The molecule has 16 heavy (non-hydrogen) atoms. The third kappa shape index (κ3) is 3.24. The lowest BCUT2D eigenvalue weighted by atomic mass is 10.2. The number of ether oxygens (including phenoxy) is 1. The second kappa shape index (κ2) is 5.70. The maximum Gasteiger partial charge on any atom is 0.331 e. The Morgan fingerprint density at radius 1 is 1.25 bits per heavy atom. The van der Waals surface area contributed by atoms with Crippen molar-refractivity contribution in [3.8, 4) is 0 Å². The van der Waals surface area contributed by atoms with E-state index < -0.39 is 5.97 Å². The molecule has 0 fully saturated rings. The lowest BCUT2D eigenvalue weighted by Crippen LogP contribution is -2.21. The fourth-order valence-corrected chi connectivity index (χ4v) is 1.09. The first kappa shape index (κ1) is 12.0. The minimum absolute atomic E-state index is 0.180. The zero-order valence-corrected chi connectivity index (χ0v) is 9.21. The second-order valence-corrected chi connectivity index (χ2v) is 3.12. The molecular formula is C12H13NO3. The highest BCUT2D eigenvalue weighted by molar-refractivity contribution is 5.95. The molecule has 1 aromatic rings. The Bertz CT molecular complexity index is 398. The SMILES string of the molecule is COC(=O)C=CN(C)C(=O)c1ccccc1. The second-order valence-electron chi connectivity index (χ2n) is 3.12. The Morgan fingerprint density at radius 3 is 2.44 bits per heavy atom. The van der Waals surface area contributed by atoms with Crippen molar-refractivity contribution in [3.05, 3.63) is 48.2 Å². The van der Waals surface area contributed by atoms with Gasteiger partial charge in [0.1, 0.15) is 0 Å². The largest absolute Gasteiger partial charge is 0.466 e. The Hall–Kier alpha value is -2.10. The monoisotopic (exact) mass is 219 g/mol. The first-order valence-corrected chi connectivity index (χ1v) is 4.73. The third-order valence-electron chi connectivity index (χ3n) is 1.98. The van der Waals surface area contributed by atoms with Crippen LogP contribution in [-0.4, -0.2) is 30.9 Å². The van der Waals surface area contributed by atoms with E-state index in [2.05, 4.69) is 4.74 Å². The van der Waals surface area contributed by atoms with Gasteiger partial charge in [-0.15, -0.1) is 0 Å². The molecule has 0 atom stereocenters. The van der Waals surface area contributed by atoms with Crippen LogP contribution in [0.3, 0.4) is 0 Å². The first-order chi connectivity index (χ1) is 7.65. The normalized spacial score (nSPS) is 10.1. The van der Waals surface area contributed by atoms with Gasteiger partial charge in [-0.1, -0.05) is 18.2 Å². The number of carbonyl (C=O) groups is 2. The van der Waals surface area contributed by atoms with Gasteiger partial charge in [0.25, 0.3) is 5.91 Å². The number of amides is 1. The highest BCUT2D eigenvalue weighted by Crippen LogP contribution is 2.03. The predicted octanol–water partition coefficient (Wildman–Crippen LogP) is 1.45. The number of hydrogen-bond donors (Lipinski definition) is 0. The molecule has 0 aliphatic carbocycles. The summed E-state index contributed by atoms with van der Waals surface area (Å²) in [6.45, 7) is 0. The van der Waals surface area contributed by atoms with Gasteiger partial charge >= 0.3 is 5.97 Å². The molecule has 1 rings (SSSR count). The highest BCUT2D eigenvalue weighted by Gasteiger charge is 2.08. The van der Waals surface area contributed by atoms with E-state index in [0.29, 0.717) is 5.56 Å². The van der Waals surface area contributed by atoms with Gasteiger partial charge in [-0.25, -0.2) is 4.79 Å². The molecule has 1 amide bonds. The average Bonchev–Trinajstić information content (AvgIpc) is 2.35. The van der Waals surface area contributed by atoms with E-state index in [1.165, 1.54) is 24.3 Å². The van der Waals surface area contributed by atoms with Crippen LogP contribution < -0.4 is 0 Å². The minimum Gasteiger partial charge on any atom is -0.466 e. The fourth-order valence-electron chi connectivity index (χ4n) is 1.09. The van der Waals surface area contributed by atoms with Crippen molar-refractivity contribution in [3.63, 3.8) is 0 Å². The third-order valence-corrected chi connectivity index (χ3v) is 1.98. The van der Waals surface area contributed by atoms with E-state index in [1.54, 1.807) is 31.3 Å². The summed E-state index contributed by atoms with van der Waals surface area (Å²) >= 11 is 0. The average molecular weight is 219 g/mol. The molecule has 4 heteroatoms. The maximum absolute atomic E-state index is 11.8. The van der Waals surface area contributed by atoms with Gasteiger partial charge in [0.05, 0.1) is 7.11 Å². The lowest BCUT2D eigenvalue weighted by Gasteiger charge is -2.11. The first-order valence-electron chi connectivity index (χ1n) is 4.73. The number of carbonyl (C=O) groups excluding carboxylic acids is 2. The number of methoxy groups -OCH3 is 1. The molecule has 1 aromatic carbocycles. The Morgan fingerprint density at radius 2 is 1.88 bits per heavy atom. The van der Waals surface area contributed by atoms with Crippen LogP contribution in [0, 0.1) is 0 Å². The van der Waals surface area contributed by atoms with Crippen LogP contribution in [0.2, 0.25) is 0 Å². The molecule has 0 saturated heterocycles. The minimum atomic E-state index is -0.493. The van der Waals surface area contributed by atoms with Gasteiger partial charge in [-0.2, -0.15) is 0 Å². The van der Waals surface area contributed by atoms with Gasteiger partial charge < -0.3 is 9.64 Å². The van der Waals surface area contributed by atoms with Crippen molar-refractivity contribution in [1.82, 2.24) is 4.90 Å². The molecular weight excluding hydrogens is 206 g/mol. The summed E-state index contributed by atoms with van der Waals surface area (Å²) in [7, 11) is 2.86. The molecule has 4 nitrogen and oxygen atoms in total. The van der Waals surface area contributed by atoms with Gasteiger partial charge in [0.15, 0.2) is 0 Å². The van der Waals surface area contributed by atoms with Gasteiger partial charge in [-0.3, -0.25) is 4.79 Å². The van der Waals surface area contributed by atoms with Crippen LogP contribution in [0.1, 0.15) is 10.4 Å². The van der Waals surface area contributed by atoms with Crippen LogP contribution >= 0.6 is 0 Å².